The smallest absolute Gasteiger partial charge is 0.293 e. The molecule has 0 N–H and O–H groups in total. The second-order valence-corrected chi connectivity index (χ2v) is 8.55. The van der Waals surface area contributed by atoms with E-state index in [2.05, 4.69) is 0 Å². The number of thioether (sulfide) groups is 1. The minimum absolute atomic E-state index is 0.101. The Kier molecular flexibility index (Phi) is 7.01. The third kappa shape index (κ3) is 5.21. The molecule has 8 heteroatoms. The topological polar surface area (TPSA) is 55.8 Å². The molecule has 4 rings (SSSR count). The van der Waals surface area contributed by atoms with Gasteiger partial charge in [-0.25, -0.2) is 4.39 Å². The maximum Gasteiger partial charge on any atom is 0.293 e. The molecule has 33 heavy (non-hydrogen) atoms. The van der Waals surface area contributed by atoms with Crippen LogP contribution in [0.1, 0.15) is 16.7 Å². The van der Waals surface area contributed by atoms with Gasteiger partial charge in [-0.3, -0.25) is 14.5 Å². The van der Waals surface area contributed by atoms with Crippen LogP contribution in [0, 0.1) is 5.82 Å². The van der Waals surface area contributed by atoms with Gasteiger partial charge in [0.2, 0.25) is 0 Å². The first-order valence-corrected chi connectivity index (χ1v) is 11.2. The summed E-state index contributed by atoms with van der Waals surface area (Å²) >= 11 is 6.84. The summed E-state index contributed by atoms with van der Waals surface area (Å²) in [6.07, 6.45) is 1.59. The first-order valence-electron chi connectivity index (χ1n) is 9.99. The van der Waals surface area contributed by atoms with Gasteiger partial charge in [-0.15, -0.1) is 0 Å². The fraction of sp³-hybridized carbons (Fsp3) is 0.120. The molecular weight excluding hydrogens is 465 g/mol. The van der Waals surface area contributed by atoms with Gasteiger partial charge in [0.05, 0.1) is 18.6 Å². The van der Waals surface area contributed by atoms with Crippen molar-refractivity contribution < 1.29 is 23.5 Å². The summed E-state index contributed by atoms with van der Waals surface area (Å²) in [6, 6.07) is 19.2. The number of carbonyl (C=O) groups is 2. The lowest BCUT2D eigenvalue weighted by atomic mass is 10.1. The zero-order chi connectivity index (χ0) is 23.4. The Labute approximate surface area is 199 Å². The zero-order valence-corrected chi connectivity index (χ0v) is 19.2. The van der Waals surface area contributed by atoms with Gasteiger partial charge in [-0.1, -0.05) is 54.1 Å². The highest BCUT2D eigenvalue weighted by Crippen LogP contribution is 2.36. The second-order valence-electron chi connectivity index (χ2n) is 7.15. The number of amides is 2. The predicted octanol–water partition coefficient (Wildman–Crippen LogP) is 6.30. The van der Waals surface area contributed by atoms with Crippen molar-refractivity contribution in [3.05, 3.63) is 99.2 Å². The minimum Gasteiger partial charge on any atom is -0.493 e. The second kappa shape index (κ2) is 10.1. The highest BCUT2D eigenvalue weighted by Gasteiger charge is 2.36. The Morgan fingerprint density at radius 3 is 2.55 bits per heavy atom. The molecule has 1 saturated heterocycles. The highest BCUT2D eigenvalue weighted by atomic mass is 35.5. The molecule has 0 radical (unpaired) electrons. The molecule has 168 valence electrons. The third-order valence-corrected chi connectivity index (χ3v) is 6.24. The molecule has 1 aliphatic rings. The molecule has 2 amide bonds. The summed E-state index contributed by atoms with van der Waals surface area (Å²) in [6.45, 7) is 0.150. The maximum absolute atomic E-state index is 14.1. The summed E-state index contributed by atoms with van der Waals surface area (Å²) in [5, 5.41) is -0.325. The van der Waals surface area contributed by atoms with Gasteiger partial charge in [0.15, 0.2) is 11.5 Å². The van der Waals surface area contributed by atoms with Crippen LogP contribution < -0.4 is 9.47 Å². The Bertz CT molecular complexity index is 1210. The molecule has 1 fully saturated rings. The van der Waals surface area contributed by atoms with E-state index < -0.39 is 17.0 Å². The SMILES string of the molecule is COc1cc(/C=C2/SC(=O)N(Cc3c(F)cccc3Cl)C2=O)ccc1OCc1ccccc1. The van der Waals surface area contributed by atoms with Gasteiger partial charge in [0.1, 0.15) is 12.4 Å². The van der Waals surface area contributed by atoms with Crippen molar-refractivity contribution in [1.29, 1.82) is 0 Å². The molecule has 3 aromatic rings. The number of halogens is 2. The summed E-state index contributed by atoms with van der Waals surface area (Å²) < 4.78 is 25.4. The summed E-state index contributed by atoms with van der Waals surface area (Å²) in [4.78, 5) is 26.5. The maximum atomic E-state index is 14.1. The van der Waals surface area contributed by atoms with Crippen LogP contribution in [-0.4, -0.2) is 23.2 Å². The molecule has 3 aromatic carbocycles. The molecule has 0 bridgehead atoms. The number of methoxy groups -OCH3 is 1. The van der Waals surface area contributed by atoms with E-state index in [1.165, 1.54) is 25.3 Å². The predicted molar refractivity (Wildman–Crippen MR) is 127 cm³/mol. The van der Waals surface area contributed by atoms with E-state index in [4.69, 9.17) is 21.1 Å². The minimum atomic E-state index is -0.568. The van der Waals surface area contributed by atoms with E-state index in [0.29, 0.717) is 23.7 Å². The Morgan fingerprint density at radius 1 is 1.03 bits per heavy atom. The van der Waals surface area contributed by atoms with Crippen molar-refractivity contribution in [1.82, 2.24) is 4.90 Å². The number of rotatable bonds is 7. The average molecular weight is 484 g/mol. The standard InChI is InChI=1S/C25H19ClFNO4S/c1-31-22-12-17(10-11-21(22)32-15-16-6-3-2-4-7-16)13-23-24(29)28(25(30)33-23)14-18-19(26)8-5-9-20(18)27/h2-13H,14-15H2,1H3/b23-13+. The van der Waals surface area contributed by atoms with Gasteiger partial charge in [0, 0.05) is 10.6 Å². The Morgan fingerprint density at radius 2 is 1.82 bits per heavy atom. The van der Waals surface area contributed by atoms with Crippen LogP contribution in [0.4, 0.5) is 9.18 Å². The van der Waals surface area contributed by atoms with Crippen molar-refractivity contribution in [3.63, 3.8) is 0 Å². The fourth-order valence-corrected chi connectivity index (χ4v) is 4.32. The summed E-state index contributed by atoms with van der Waals surface area (Å²) in [5.41, 5.74) is 1.78. The molecule has 0 atom stereocenters. The van der Waals surface area contributed by atoms with Crippen LogP contribution in [-0.2, 0) is 17.9 Å². The van der Waals surface area contributed by atoms with Crippen LogP contribution in [0.25, 0.3) is 6.08 Å². The van der Waals surface area contributed by atoms with Crippen molar-refractivity contribution >= 4 is 40.6 Å². The van der Waals surface area contributed by atoms with Crippen molar-refractivity contribution in [3.8, 4) is 11.5 Å². The number of nitrogens with zero attached hydrogens (tertiary/aromatic N) is 1. The van der Waals surface area contributed by atoms with Crippen LogP contribution >= 0.6 is 23.4 Å². The quantitative estimate of drug-likeness (QED) is 0.369. The lowest BCUT2D eigenvalue weighted by molar-refractivity contribution is -0.123. The average Bonchev–Trinajstić information content (AvgIpc) is 3.08. The van der Waals surface area contributed by atoms with E-state index in [1.54, 1.807) is 24.3 Å². The number of hydrogen-bond donors (Lipinski definition) is 0. The normalized spacial score (nSPS) is 14.8. The Hall–Kier alpha value is -3.29. The van der Waals surface area contributed by atoms with Crippen molar-refractivity contribution in [2.75, 3.05) is 7.11 Å². The third-order valence-electron chi connectivity index (χ3n) is 4.97. The Balaban J connectivity index is 1.51. The molecule has 0 saturated carbocycles. The summed E-state index contributed by atoms with van der Waals surface area (Å²) in [5.74, 6) is -0.0214. The number of ether oxygens (including phenoxy) is 2. The molecule has 5 nitrogen and oxygen atoms in total. The van der Waals surface area contributed by atoms with Gasteiger partial charge in [-0.05, 0) is 53.2 Å². The van der Waals surface area contributed by atoms with E-state index in [0.717, 1.165) is 22.2 Å². The van der Waals surface area contributed by atoms with Gasteiger partial charge in [-0.2, -0.15) is 0 Å². The molecule has 0 aromatic heterocycles. The van der Waals surface area contributed by atoms with E-state index in [9.17, 15) is 14.0 Å². The molecule has 0 spiro atoms. The number of imide groups is 1. The molecular formula is C25H19ClFNO4S. The molecule has 0 aliphatic carbocycles. The number of carbonyl (C=O) groups excluding carboxylic acids is 2. The monoisotopic (exact) mass is 483 g/mol. The first-order chi connectivity index (χ1) is 16.0. The number of benzene rings is 3. The van der Waals surface area contributed by atoms with E-state index in [1.807, 2.05) is 30.3 Å². The molecule has 1 aliphatic heterocycles. The lowest BCUT2D eigenvalue weighted by Crippen LogP contribution is -2.28. The van der Waals surface area contributed by atoms with Crippen LogP contribution in [0.3, 0.4) is 0 Å². The largest absolute Gasteiger partial charge is 0.493 e. The highest BCUT2D eigenvalue weighted by molar-refractivity contribution is 8.18. The van der Waals surface area contributed by atoms with E-state index in [-0.39, 0.29) is 22.0 Å². The van der Waals surface area contributed by atoms with E-state index >= 15 is 0 Å². The molecule has 0 unspecified atom stereocenters. The summed E-state index contributed by atoms with van der Waals surface area (Å²) in [7, 11) is 1.53. The van der Waals surface area contributed by atoms with Crippen LogP contribution in [0.5, 0.6) is 11.5 Å². The van der Waals surface area contributed by atoms with Crippen molar-refractivity contribution in [2.45, 2.75) is 13.2 Å². The first kappa shape index (κ1) is 22.9. The van der Waals surface area contributed by atoms with Crippen molar-refractivity contribution in [2.24, 2.45) is 0 Å². The lowest BCUT2D eigenvalue weighted by Gasteiger charge is -2.14. The van der Waals surface area contributed by atoms with Crippen LogP contribution in [0.15, 0.2) is 71.6 Å². The van der Waals surface area contributed by atoms with Gasteiger partial charge >= 0.3 is 0 Å². The van der Waals surface area contributed by atoms with Gasteiger partial charge in [0.25, 0.3) is 11.1 Å². The van der Waals surface area contributed by atoms with Gasteiger partial charge < -0.3 is 9.47 Å². The molecule has 1 heterocycles. The zero-order valence-electron chi connectivity index (χ0n) is 17.6. The number of hydrogen-bond acceptors (Lipinski definition) is 5. The van der Waals surface area contributed by atoms with Crippen LogP contribution in [0.2, 0.25) is 5.02 Å². The fourth-order valence-electron chi connectivity index (χ4n) is 3.26.